The second-order valence-corrected chi connectivity index (χ2v) is 9.12. The minimum Gasteiger partial charge on any atom is -0.369 e. The van der Waals surface area contributed by atoms with Crippen LogP contribution in [-0.2, 0) is 0 Å². The van der Waals surface area contributed by atoms with Gasteiger partial charge in [0.1, 0.15) is 18.0 Å². The Morgan fingerprint density at radius 1 is 1.00 bits per heavy atom. The summed E-state index contributed by atoms with van der Waals surface area (Å²) >= 11 is 1.73. The summed E-state index contributed by atoms with van der Waals surface area (Å²) < 4.78 is 24.8. The Morgan fingerprint density at radius 2 is 1.84 bits per heavy atom. The Morgan fingerprint density at radius 3 is 2.57 bits per heavy atom. The van der Waals surface area contributed by atoms with Crippen LogP contribution in [0.2, 0.25) is 0 Å². The molecular formula is C26H27F2N7OS. The van der Waals surface area contributed by atoms with Gasteiger partial charge < -0.3 is 16.0 Å². The maximum absolute atomic E-state index is 12.4. The number of nitrogens with zero attached hydrogens (tertiary/aromatic N) is 4. The number of hydrogen-bond acceptors (Lipinski definition) is 8. The van der Waals surface area contributed by atoms with Crippen molar-refractivity contribution in [1.82, 2.24) is 25.3 Å². The molecule has 192 valence electrons. The average Bonchev–Trinajstić information content (AvgIpc) is 2.93. The van der Waals surface area contributed by atoms with Crippen LogP contribution in [0.25, 0.3) is 22.2 Å². The number of anilines is 2. The van der Waals surface area contributed by atoms with Gasteiger partial charge in [-0.2, -0.15) is 11.8 Å². The quantitative estimate of drug-likeness (QED) is 0.260. The van der Waals surface area contributed by atoms with E-state index in [4.69, 9.17) is 0 Å². The van der Waals surface area contributed by atoms with E-state index in [1.807, 2.05) is 24.3 Å². The molecule has 1 atom stereocenters. The maximum atomic E-state index is 12.4. The van der Waals surface area contributed by atoms with E-state index < -0.39 is 13.0 Å². The van der Waals surface area contributed by atoms with E-state index >= 15 is 0 Å². The minimum atomic E-state index is -2.45. The summed E-state index contributed by atoms with van der Waals surface area (Å²) in [5.41, 5.74) is 3.85. The molecule has 0 aliphatic carbocycles. The first-order valence-electron chi connectivity index (χ1n) is 11.6. The van der Waals surface area contributed by atoms with Crippen LogP contribution in [0, 0.1) is 0 Å². The molecule has 4 rings (SSSR count). The Balaban J connectivity index is 1.53. The molecule has 1 aromatic carbocycles. The lowest BCUT2D eigenvalue weighted by Gasteiger charge is -2.19. The number of para-hydroxylation sites is 1. The minimum absolute atomic E-state index is 0.103. The number of nitrogens with one attached hydrogen (secondary N) is 3. The molecule has 0 fully saturated rings. The molecule has 3 aromatic heterocycles. The third-order valence-electron chi connectivity index (χ3n) is 5.77. The summed E-state index contributed by atoms with van der Waals surface area (Å²) in [6.07, 6.45) is 4.33. The van der Waals surface area contributed by atoms with Crippen LogP contribution in [-0.4, -0.2) is 64.4 Å². The standard InChI is InChI=1S/C26H27F2N7OS/c1-29-26(36)20-8-9-30-25-18(4-3-5-19(20)25)17(14-37-2)12-32-24-10-21(34-15-35-24)16-6-7-23(31-11-16)33-13-22(27)28/h3-11,15,17,22H,12-14H2,1-2H3,(H,29,36)(H,31,33)(H,32,34,35). The number of alkyl halides is 2. The lowest BCUT2D eigenvalue weighted by atomic mass is 9.95. The normalized spacial score (nSPS) is 11.9. The average molecular weight is 524 g/mol. The van der Waals surface area contributed by atoms with Crippen molar-refractivity contribution in [1.29, 1.82) is 0 Å². The number of pyridine rings is 2. The number of hydrogen-bond donors (Lipinski definition) is 3. The van der Waals surface area contributed by atoms with Gasteiger partial charge >= 0.3 is 0 Å². The lowest BCUT2D eigenvalue weighted by Crippen LogP contribution is -2.19. The molecule has 0 aliphatic heterocycles. The summed E-state index contributed by atoms with van der Waals surface area (Å²) in [5, 5.41) is 9.50. The van der Waals surface area contributed by atoms with Crippen molar-refractivity contribution in [3.05, 3.63) is 72.3 Å². The van der Waals surface area contributed by atoms with E-state index in [2.05, 4.69) is 42.1 Å². The summed E-state index contributed by atoms with van der Waals surface area (Å²) in [6, 6.07) is 12.9. The molecule has 8 nitrogen and oxygen atoms in total. The molecular weight excluding hydrogens is 496 g/mol. The van der Waals surface area contributed by atoms with Crippen molar-refractivity contribution >= 4 is 40.2 Å². The highest BCUT2D eigenvalue weighted by molar-refractivity contribution is 7.98. The molecule has 0 spiro atoms. The van der Waals surface area contributed by atoms with E-state index in [1.165, 1.54) is 6.33 Å². The van der Waals surface area contributed by atoms with E-state index in [0.29, 0.717) is 29.4 Å². The Hall–Kier alpha value is -3.86. The molecule has 11 heteroatoms. The topological polar surface area (TPSA) is 105 Å². The first kappa shape index (κ1) is 26.2. The number of carbonyl (C=O) groups is 1. The Kier molecular flexibility index (Phi) is 8.78. The largest absolute Gasteiger partial charge is 0.369 e. The number of halogens is 2. The van der Waals surface area contributed by atoms with Crippen molar-refractivity contribution in [2.24, 2.45) is 0 Å². The fourth-order valence-corrected chi connectivity index (χ4v) is 4.69. The number of thioether (sulfide) groups is 1. The van der Waals surface area contributed by atoms with E-state index in [0.717, 1.165) is 27.8 Å². The van der Waals surface area contributed by atoms with Gasteiger partial charge in [-0.25, -0.2) is 23.7 Å². The van der Waals surface area contributed by atoms with Crippen molar-refractivity contribution in [3.8, 4) is 11.3 Å². The number of carbonyl (C=O) groups excluding carboxylic acids is 1. The van der Waals surface area contributed by atoms with Crippen LogP contribution in [0.3, 0.4) is 0 Å². The smallest absolute Gasteiger partial charge is 0.255 e. The molecule has 3 heterocycles. The highest BCUT2D eigenvalue weighted by atomic mass is 32.2. The van der Waals surface area contributed by atoms with Crippen LogP contribution >= 0.6 is 11.8 Å². The lowest BCUT2D eigenvalue weighted by molar-refractivity contribution is 0.0964. The van der Waals surface area contributed by atoms with Crippen LogP contribution in [0.1, 0.15) is 21.8 Å². The SMILES string of the molecule is CNC(=O)c1ccnc2c(C(CNc3cc(-c4ccc(NCC(F)F)nc4)ncn3)CSC)cccc12. The molecule has 4 aromatic rings. The van der Waals surface area contributed by atoms with Crippen LogP contribution < -0.4 is 16.0 Å². The molecule has 0 saturated heterocycles. The van der Waals surface area contributed by atoms with Gasteiger partial charge in [-0.05, 0) is 30.0 Å². The van der Waals surface area contributed by atoms with Crippen LogP contribution in [0.15, 0.2) is 61.2 Å². The second kappa shape index (κ2) is 12.4. The van der Waals surface area contributed by atoms with Crippen molar-refractivity contribution in [2.45, 2.75) is 12.3 Å². The second-order valence-electron chi connectivity index (χ2n) is 8.21. The van der Waals surface area contributed by atoms with E-state index in [9.17, 15) is 13.6 Å². The number of fused-ring (bicyclic) bond motifs is 1. The zero-order valence-electron chi connectivity index (χ0n) is 20.4. The van der Waals surface area contributed by atoms with Crippen molar-refractivity contribution in [3.63, 3.8) is 0 Å². The summed E-state index contributed by atoms with van der Waals surface area (Å²) in [5.74, 6) is 1.82. The molecule has 0 saturated carbocycles. The number of aromatic nitrogens is 4. The fourth-order valence-electron chi connectivity index (χ4n) is 3.99. The summed E-state index contributed by atoms with van der Waals surface area (Å²) in [4.78, 5) is 29.8. The number of benzene rings is 1. The molecule has 1 amide bonds. The van der Waals surface area contributed by atoms with Gasteiger partial charge in [0, 0.05) is 54.7 Å². The number of amides is 1. The van der Waals surface area contributed by atoms with Crippen LogP contribution in [0.5, 0.6) is 0 Å². The first-order chi connectivity index (χ1) is 18.0. The molecule has 0 radical (unpaired) electrons. The van der Waals surface area contributed by atoms with Gasteiger partial charge in [-0.1, -0.05) is 18.2 Å². The summed E-state index contributed by atoms with van der Waals surface area (Å²) in [7, 11) is 1.61. The van der Waals surface area contributed by atoms with E-state index in [1.54, 1.807) is 49.4 Å². The zero-order valence-corrected chi connectivity index (χ0v) is 21.2. The van der Waals surface area contributed by atoms with Gasteiger partial charge in [0.05, 0.1) is 23.3 Å². The third kappa shape index (κ3) is 6.48. The molecule has 3 N–H and O–H groups in total. The monoisotopic (exact) mass is 523 g/mol. The predicted molar refractivity (Wildman–Crippen MR) is 145 cm³/mol. The van der Waals surface area contributed by atoms with Gasteiger partial charge in [0.2, 0.25) is 0 Å². The third-order valence-corrected chi connectivity index (χ3v) is 6.51. The zero-order chi connectivity index (χ0) is 26.2. The number of rotatable bonds is 11. The first-order valence-corrected chi connectivity index (χ1v) is 13.0. The molecule has 0 bridgehead atoms. The van der Waals surface area contributed by atoms with Gasteiger partial charge in [0.15, 0.2) is 0 Å². The fraction of sp³-hybridized carbons (Fsp3) is 0.269. The Bertz CT molecular complexity index is 1350. The molecule has 37 heavy (non-hydrogen) atoms. The molecule has 0 aliphatic rings. The van der Waals surface area contributed by atoms with Gasteiger partial charge in [0.25, 0.3) is 12.3 Å². The Labute approximate surface area is 217 Å². The highest BCUT2D eigenvalue weighted by Gasteiger charge is 2.18. The van der Waals surface area contributed by atoms with Crippen molar-refractivity contribution in [2.75, 3.05) is 42.8 Å². The maximum Gasteiger partial charge on any atom is 0.255 e. The van der Waals surface area contributed by atoms with Gasteiger partial charge in [-0.15, -0.1) is 0 Å². The predicted octanol–water partition coefficient (Wildman–Crippen LogP) is 4.68. The van der Waals surface area contributed by atoms with Gasteiger partial charge in [-0.3, -0.25) is 9.78 Å². The van der Waals surface area contributed by atoms with E-state index in [-0.39, 0.29) is 11.8 Å². The molecule has 1 unspecified atom stereocenters. The highest BCUT2D eigenvalue weighted by Crippen LogP contribution is 2.29. The van der Waals surface area contributed by atoms with Crippen molar-refractivity contribution < 1.29 is 13.6 Å². The van der Waals surface area contributed by atoms with Crippen LogP contribution in [0.4, 0.5) is 20.4 Å². The summed E-state index contributed by atoms with van der Waals surface area (Å²) in [6.45, 7) is 0.140.